The average Bonchev–Trinajstić information content (AvgIpc) is 2.48. The first-order chi connectivity index (χ1) is 9.29. The second-order valence-electron chi connectivity index (χ2n) is 4.54. The molecule has 5 nitrogen and oxygen atoms in total. The highest BCUT2D eigenvalue weighted by Gasteiger charge is 2.08. The van der Waals surface area contributed by atoms with Crippen molar-refractivity contribution in [3.05, 3.63) is 29.6 Å². The van der Waals surface area contributed by atoms with Crippen molar-refractivity contribution >= 4 is 11.9 Å². The van der Waals surface area contributed by atoms with Gasteiger partial charge in [-0.3, -0.25) is 0 Å². The van der Waals surface area contributed by atoms with Gasteiger partial charge in [0.1, 0.15) is 0 Å². The number of anilines is 1. The first-order valence-corrected chi connectivity index (χ1v) is 6.63. The van der Waals surface area contributed by atoms with Crippen LogP contribution in [0.2, 0.25) is 0 Å². The van der Waals surface area contributed by atoms with Gasteiger partial charge in [-0.1, -0.05) is 11.6 Å². The van der Waals surface area contributed by atoms with E-state index in [2.05, 4.69) is 26.1 Å². The number of nitrogens with one attached hydrogen (secondary N) is 1. The summed E-state index contributed by atoms with van der Waals surface area (Å²) in [5, 5.41) is 3.14. The zero-order valence-corrected chi connectivity index (χ0v) is 11.2. The monoisotopic (exact) mass is 261 g/mol. The van der Waals surface area contributed by atoms with Crippen molar-refractivity contribution in [2.45, 2.75) is 32.1 Å². The van der Waals surface area contributed by atoms with Gasteiger partial charge >= 0.3 is 5.97 Å². The second kappa shape index (κ2) is 6.87. The van der Waals surface area contributed by atoms with E-state index in [1.54, 1.807) is 12.3 Å². The molecule has 102 valence electrons. The Balaban J connectivity index is 1.85. The molecule has 1 aromatic heterocycles. The Labute approximate surface area is 113 Å². The van der Waals surface area contributed by atoms with Gasteiger partial charge in [-0.25, -0.2) is 14.8 Å². The lowest BCUT2D eigenvalue weighted by Gasteiger charge is -2.12. The van der Waals surface area contributed by atoms with Crippen molar-refractivity contribution in [3.8, 4) is 0 Å². The van der Waals surface area contributed by atoms with Crippen LogP contribution in [0.3, 0.4) is 0 Å². The highest BCUT2D eigenvalue weighted by molar-refractivity contribution is 5.87. The summed E-state index contributed by atoms with van der Waals surface area (Å²) in [7, 11) is 1.34. The number of nitrogens with zero attached hydrogens (tertiary/aromatic N) is 2. The van der Waals surface area contributed by atoms with Crippen molar-refractivity contribution in [1.82, 2.24) is 9.97 Å². The van der Waals surface area contributed by atoms with E-state index in [9.17, 15) is 4.79 Å². The van der Waals surface area contributed by atoms with Crippen LogP contribution in [0.15, 0.2) is 23.9 Å². The van der Waals surface area contributed by atoms with E-state index >= 15 is 0 Å². The van der Waals surface area contributed by atoms with Gasteiger partial charge in [-0.15, -0.1) is 0 Å². The van der Waals surface area contributed by atoms with Gasteiger partial charge in [0.05, 0.1) is 7.11 Å². The second-order valence-corrected chi connectivity index (χ2v) is 4.54. The Morgan fingerprint density at radius 2 is 2.37 bits per heavy atom. The fraction of sp³-hybridized carbons (Fsp3) is 0.500. The molecule has 19 heavy (non-hydrogen) atoms. The van der Waals surface area contributed by atoms with Crippen molar-refractivity contribution in [3.63, 3.8) is 0 Å². The molecule has 1 aliphatic rings. The molecule has 0 saturated carbocycles. The van der Waals surface area contributed by atoms with Crippen molar-refractivity contribution < 1.29 is 9.53 Å². The SMILES string of the molecule is COC(=O)c1ccnc(NCCC2=CCCCC2)n1. The Hall–Kier alpha value is -1.91. The summed E-state index contributed by atoms with van der Waals surface area (Å²) in [5.74, 6) is 0.0275. The molecular formula is C14H19N3O2. The number of aromatic nitrogens is 2. The summed E-state index contributed by atoms with van der Waals surface area (Å²) in [6.45, 7) is 0.788. The van der Waals surface area contributed by atoms with E-state index in [0.717, 1.165) is 13.0 Å². The normalized spacial score (nSPS) is 14.7. The van der Waals surface area contributed by atoms with Gasteiger partial charge in [0.15, 0.2) is 5.69 Å². The van der Waals surface area contributed by atoms with E-state index in [-0.39, 0.29) is 5.69 Å². The molecule has 0 amide bonds. The number of carbonyl (C=O) groups is 1. The molecule has 0 radical (unpaired) electrons. The lowest BCUT2D eigenvalue weighted by Crippen LogP contribution is -2.10. The molecule has 0 unspecified atom stereocenters. The standard InChI is InChI=1S/C14H19N3O2/c1-19-13(18)12-8-10-16-14(17-12)15-9-7-11-5-3-2-4-6-11/h5,8,10H,2-4,6-7,9H2,1H3,(H,15,16,17). The van der Waals surface area contributed by atoms with Crippen molar-refractivity contribution in [2.75, 3.05) is 19.0 Å². The topological polar surface area (TPSA) is 64.1 Å². The zero-order valence-electron chi connectivity index (χ0n) is 11.2. The van der Waals surface area contributed by atoms with Crippen LogP contribution in [0.1, 0.15) is 42.6 Å². The summed E-state index contributed by atoms with van der Waals surface area (Å²) in [5.41, 5.74) is 1.78. The number of esters is 1. The molecule has 0 saturated heterocycles. The number of hydrogen-bond acceptors (Lipinski definition) is 5. The Bertz CT molecular complexity index is 472. The van der Waals surface area contributed by atoms with Gasteiger partial charge in [0.2, 0.25) is 5.95 Å². The Kier molecular flexibility index (Phi) is 4.89. The predicted octanol–water partition coefficient (Wildman–Crippen LogP) is 2.57. The van der Waals surface area contributed by atoms with Crippen LogP contribution >= 0.6 is 0 Å². The molecule has 0 aromatic carbocycles. The summed E-state index contributed by atoms with van der Waals surface area (Å²) >= 11 is 0. The van der Waals surface area contributed by atoms with Gasteiger partial charge in [0, 0.05) is 12.7 Å². The number of allylic oxidation sites excluding steroid dienone is 1. The van der Waals surface area contributed by atoms with E-state index in [1.165, 1.54) is 38.4 Å². The number of ether oxygens (including phenoxy) is 1. The number of methoxy groups -OCH3 is 1. The predicted molar refractivity (Wildman–Crippen MR) is 73.0 cm³/mol. The Morgan fingerprint density at radius 1 is 1.47 bits per heavy atom. The summed E-state index contributed by atoms with van der Waals surface area (Å²) < 4.78 is 4.62. The van der Waals surface area contributed by atoms with Crippen LogP contribution in [-0.2, 0) is 4.74 Å². The summed E-state index contributed by atoms with van der Waals surface area (Å²) in [6.07, 6.45) is 9.89. The third-order valence-corrected chi connectivity index (χ3v) is 3.16. The maximum absolute atomic E-state index is 11.3. The van der Waals surface area contributed by atoms with E-state index in [1.807, 2.05) is 0 Å². The van der Waals surface area contributed by atoms with Crippen LogP contribution in [-0.4, -0.2) is 29.6 Å². The van der Waals surface area contributed by atoms with Gasteiger partial charge in [-0.05, 0) is 38.2 Å². The van der Waals surface area contributed by atoms with Crippen molar-refractivity contribution in [2.24, 2.45) is 0 Å². The highest BCUT2D eigenvalue weighted by Crippen LogP contribution is 2.19. The largest absolute Gasteiger partial charge is 0.464 e. The van der Waals surface area contributed by atoms with Gasteiger partial charge in [-0.2, -0.15) is 0 Å². The lowest BCUT2D eigenvalue weighted by molar-refractivity contribution is 0.0594. The molecule has 0 aliphatic heterocycles. The summed E-state index contributed by atoms with van der Waals surface area (Å²) in [4.78, 5) is 19.5. The fourth-order valence-corrected chi connectivity index (χ4v) is 2.13. The molecular weight excluding hydrogens is 242 g/mol. The molecule has 0 bridgehead atoms. The number of rotatable bonds is 5. The van der Waals surface area contributed by atoms with Gasteiger partial charge < -0.3 is 10.1 Å². The molecule has 0 atom stereocenters. The molecule has 0 fully saturated rings. The minimum absolute atomic E-state index is 0.275. The molecule has 5 heteroatoms. The molecule has 0 spiro atoms. The fourth-order valence-electron chi connectivity index (χ4n) is 2.13. The van der Waals surface area contributed by atoms with E-state index in [0.29, 0.717) is 5.95 Å². The quantitative estimate of drug-likeness (QED) is 0.652. The van der Waals surface area contributed by atoms with E-state index in [4.69, 9.17) is 0 Å². The van der Waals surface area contributed by atoms with Crippen LogP contribution < -0.4 is 5.32 Å². The highest BCUT2D eigenvalue weighted by atomic mass is 16.5. The van der Waals surface area contributed by atoms with Crippen LogP contribution in [0.5, 0.6) is 0 Å². The molecule has 1 N–H and O–H groups in total. The average molecular weight is 261 g/mol. The Morgan fingerprint density at radius 3 is 3.11 bits per heavy atom. The third-order valence-electron chi connectivity index (χ3n) is 3.16. The summed E-state index contributed by atoms with van der Waals surface area (Å²) in [6, 6.07) is 1.54. The van der Waals surface area contributed by atoms with Crippen LogP contribution in [0, 0.1) is 0 Å². The number of carbonyl (C=O) groups excluding carboxylic acids is 1. The molecule has 2 rings (SSSR count). The third kappa shape index (κ3) is 4.05. The minimum atomic E-state index is -0.444. The van der Waals surface area contributed by atoms with E-state index < -0.39 is 5.97 Å². The zero-order chi connectivity index (χ0) is 13.5. The maximum Gasteiger partial charge on any atom is 0.356 e. The minimum Gasteiger partial charge on any atom is -0.464 e. The maximum atomic E-state index is 11.3. The smallest absolute Gasteiger partial charge is 0.356 e. The van der Waals surface area contributed by atoms with Crippen molar-refractivity contribution in [1.29, 1.82) is 0 Å². The van der Waals surface area contributed by atoms with Gasteiger partial charge in [0.25, 0.3) is 0 Å². The first kappa shape index (κ1) is 13.5. The molecule has 1 heterocycles. The van der Waals surface area contributed by atoms with Crippen LogP contribution in [0.25, 0.3) is 0 Å². The first-order valence-electron chi connectivity index (χ1n) is 6.63. The molecule has 1 aliphatic carbocycles. The number of hydrogen-bond donors (Lipinski definition) is 1. The lowest BCUT2D eigenvalue weighted by atomic mass is 9.97. The van der Waals surface area contributed by atoms with Crippen LogP contribution in [0.4, 0.5) is 5.95 Å². The molecule has 1 aromatic rings.